The Morgan fingerprint density at radius 1 is 1.20 bits per heavy atom. The number of carbonyl (C=O) groups is 2. The van der Waals surface area contributed by atoms with E-state index in [1.54, 1.807) is 17.0 Å². The summed E-state index contributed by atoms with van der Waals surface area (Å²) in [6, 6.07) is 10.8. The molecule has 0 spiro atoms. The molecule has 3 rings (SSSR count). The number of nitro benzene ring substituents is 1. The first-order chi connectivity index (χ1) is 12.0. The van der Waals surface area contributed by atoms with Crippen molar-refractivity contribution in [3.8, 4) is 0 Å². The average Bonchev–Trinajstić information content (AvgIpc) is 3.02. The zero-order valence-corrected chi connectivity index (χ0v) is 13.7. The largest absolute Gasteiger partial charge is 0.322 e. The van der Waals surface area contributed by atoms with Crippen molar-refractivity contribution in [2.45, 2.75) is 19.8 Å². The van der Waals surface area contributed by atoms with Gasteiger partial charge in [-0.3, -0.25) is 19.7 Å². The van der Waals surface area contributed by atoms with E-state index in [2.05, 4.69) is 5.32 Å². The van der Waals surface area contributed by atoms with E-state index in [1.807, 2.05) is 13.0 Å². The smallest absolute Gasteiger partial charge is 0.269 e. The minimum atomic E-state index is -0.513. The Bertz CT molecular complexity index is 846. The van der Waals surface area contributed by atoms with Crippen molar-refractivity contribution in [3.05, 3.63) is 63.7 Å². The van der Waals surface area contributed by atoms with Crippen LogP contribution >= 0.6 is 0 Å². The lowest BCUT2D eigenvalue weighted by atomic mass is 10.1. The Kier molecular flexibility index (Phi) is 4.47. The Morgan fingerprint density at radius 2 is 1.92 bits per heavy atom. The van der Waals surface area contributed by atoms with Crippen LogP contribution in [0, 0.1) is 17.0 Å². The molecule has 7 nitrogen and oxygen atoms in total. The van der Waals surface area contributed by atoms with Gasteiger partial charge in [0.05, 0.1) is 4.92 Å². The highest BCUT2D eigenvalue weighted by Crippen LogP contribution is 2.28. The van der Waals surface area contributed by atoms with E-state index >= 15 is 0 Å². The first-order valence-electron chi connectivity index (χ1n) is 7.92. The van der Waals surface area contributed by atoms with Crippen LogP contribution < -0.4 is 10.2 Å². The van der Waals surface area contributed by atoms with Crippen LogP contribution in [0.2, 0.25) is 0 Å². The second-order valence-corrected chi connectivity index (χ2v) is 5.91. The molecule has 0 radical (unpaired) electrons. The van der Waals surface area contributed by atoms with Crippen LogP contribution in [0.25, 0.3) is 0 Å². The third kappa shape index (κ3) is 3.50. The summed E-state index contributed by atoms with van der Waals surface area (Å²) in [4.78, 5) is 36.2. The van der Waals surface area contributed by atoms with Gasteiger partial charge >= 0.3 is 0 Å². The summed E-state index contributed by atoms with van der Waals surface area (Å²) in [7, 11) is 0. The number of nitrogens with one attached hydrogen (secondary N) is 1. The number of amides is 2. The van der Waals surface area contributed by atoms with Gasteiger partial charge in [-0.25, -0.2) is 0 Å². The highest BCUT2D eigenvalue weighted by Gasteiger charge is 2.23. The van der Waals surface area contributed by atoms with Crippen molar-refractivity contribution in [1.29, 1.82) is 0 Å². The summed E-state index contributed by atoms with van der Waals surface area (Å²) in [5, 5.41) is 13.4. The lowest BCUT2D eigenvalue weighted by molar-refractivity contribution is -0.384. The molecular formula is C18H17N3O4. The monoisotopic (exact) mass is 339 g/mol. The fraction of sp³-hybridized carbons (Fsp3) is 0.222. The van der Waals surface area contributed by atoms with Crippen LogP contribution in [-0.4, -0.2) is 23.3 Å². The molecule has 0 aromatic heterocycles. The van der Waals surface area contributed by atoms with Crippen LogP contribution in [0.5, 0.6) is 0 Å². The number of rotatable bonds is 4. The number of nitrogens with zero attached hydrogens (tertiary/aromatic N) is 2. The van der Waals surface area contributed by atoms with Crippen molar-refractivity contribution in [2.75, 3.05) is 16.8 Å². The quantitative estimate of drug-likeness (QED) is 0.683. The van der Waals surface area contributed by atoms with Crippen molar-refractivity contribution in [1.82, 2.24) is 0 Å². The number of nitro groups is 1. The first kappa shape index (κ1) is 16.6. The lowest BCUT2D eigenvalue weighted by Gasteiger charge is -2.19. The van der Waals surface area contributed by atoms with Gasteiger partial charge < -0.3 is 10.2 Å². The summed E-state index contributed by atoms with van der Waals surface area (Å²) in [5.41, 5.74) is 2.59. The lowest BCUT2D eigenvalue weighted by Crippen LogP contribution is -2.24. The highest BCUT2D eigenvalue weighted by molar-refractivity contribution is 6.05. The predicted molar refractivity (Wildman–Crippen MR) is 93.8 cm³/mol. The summed E-state index contributed by atoms with van der Waals surface area (Å²) in [6.45, 7) is 2.60. The van der Waals surface area contributed by atoms with Crippen LogP contribution in [-0.2, 0) is 4.79 Å². The van der Waals surface area contributed by atoms with Gasteiger partial charge in [0.25, 0.3) is 11.6 Å². The number of carbonyl (C=O) groups excluding carboxylic acids is 2. The molecule has 0 atom stereocenters. The molecule has 1 aliphatic heterocycles. The predicted octanol–water partition coefficient (Wildman–Crippen LogP) is 3.28. The molecule has 0 unspecified atom stereocenters. The average molecular weight is 339 g/mol. The third-order valence-electron chi connectivity index (χ3n) is 4.17. The molecule has 2 aromatic rings. The zero-order valence-electron chi connectivity index (χ0n) is 13.7. The molecule has 1 saturated heterocycles. The van der Waals surface area contributed by atoms with Gasteiger partial charge in [0, 0.05) is 42.0 Å². The van der Waals surface area contributed by atoms with E-state index in [0.717, 1.165) is 17.7 Å². The molecule has 7 heteroatoms. The normalized spacial score (nSPS) is 13.8. The molecular weight excluding hydrogens is 322 g/mol. The van der Waals surface area contributed by atoms with Gasteiger partial charge in [-0.1, -0.05) is 6.07 Å². The molecule has 128 valence electrons. The standard InChI is InChI=1S/C18H17N3O4/c1-12-4-7-14(11-16(12)20-10-2-3-17(20)22)19-18(23)13-5-8-15(9-6-13)21(24)25/h4-9,11H,2-3,10H2,1H3,(H,19,23). The molecule has 0 aliphatic carbocycles. The van der Waals surface area contributed by atoms with Gasteiger partial charge in [-0.2, -0.15) is 0 Å². The summed E-state index contributed by atoms with van der Waals surface area (Å²) in [5.74, 6) is -0.278. The minimum absolute atomic E-state index is 0.0679. The SMILES string of the molecule is Cc1ccc(NC(=O)c2ccc([N+](=O)[O-])cc2)cc1N1CCCC1=O. The maximum absolute atomic E-state index is 12.3. The number of non-ortho nitro benzene ring substituents is 1. The molecule has 0 saturated carbocycles. The van der Waals surface area contributed by atoms with Gasteiger partial charge in [0.15, 0.2) is 0 Å². The van der Waals surface area contributed by atoms with Crippen molar-refractivity contribution in [2.24, 2.45) is 0 Å². The van der Waals surface area contributed by atoms with Gasteiger partial charge in [-0.15, -0.1) is 0 Å². The Morgan fingerprint density at radius 3 is 2.52 bits per heavy atom. The minimum Gasteiger partial charge on any atom is -0.322 e. The number of benzene rings is 2. The van der Waals surface area contributed by atoms with E-state index in [4.69, 9.17) is 0 Å². The van der Waals surface area contributed by atoms with Crippen molar-refractivity contribution >= 4 is 28.9 Å². The van der Waals surface area contributed by atoms with E-state index in [1.165, 1.54) is 24.3 Å². The maximum atomic E-state index is 12.3. The molecule has 1 fully saturated rings. The number of aryl methyl sites for hydroxylation is 1. The third-order valence-corrected chi connectivity index (χ3v) is 4.17. The van der Waals surface area contributed by atoms with Crippen LogP contribution in [0.4, 0.5) is 17.1 Å². The molecule has 2 amide bonds. The molecule has 0 bridgehead atoms. The number of hydrogen-bond acceptors (Lipinski definition) is 4. The van der Waals surface area contributed by atoms with E-state index in [9.17, 15) is 19.7 Å². The summed E-state index contributed by atoms with van der Waals surface area (Å²) in [6.07, 6.45) is 1.37. The molecule has 1 heterocycles. The topological polar surface area (TPSA) is 92.5 Å². The van der Waals surface area contributed by atoms with Gasteiger partial charge in [0.2, 0.25) is 5.91 Å². The van der Waals surface area contributed by atoms with E-state index < -0.39 is 4.92 Å². The van der Waals surface area contributed by atoms with E-state index in [0.29, 0.717) is 24.2 Å². The summed E-state index contributed by atoms with van der Waals surface area (Å²) < 4.78 is 0. The Hall–Kier alpha value is -3.22. The number of anilines is 2. The second-order valence-electron chi connectivity index (χ2n) is 5.91. The highest BCUT2D eigenvalue weighted by atomic mass is 16.6. The molecule has 1 aliphatic rings. The first-order valence-corrected chi connectivity index (χ1v) is 7.92. The fourth-order valence-corrected chi connectivity index (χ4v) is 2.82. The van der Waals surface area contributed by atoms with Gasteiger partial charge in [-0.05, 0) is 43.2 Å². The molecule has 2 aromatic carbocycles. The van der Waals surface area contributed by atoms with Crippen LogP contribution in [0.1, 0.15) is 28.8 Å². The van der Waals surface area contributed by atoms with Crippen LogP contribution in [0.3, 0.4) is 0 Å². The Labute approximate surface area is 144 Å². The van der Waals surface area contributed by atoms with Crippen molar-refractivity contribution in [3.63, 3.8) is 0 Å². The maximum Gasteiger partial charge on any atom is 0.269 e. The Balaban J connectivity index is 1.79. The van der Waals surface area contributed by atoms with E-state index in [-0.39, 0.29) is 17.5 Å². The summed E-state index contributed by atoms with van der Waals surface area (Å²) >= 11 is 0. The fourth-order valence-electron chi connectivity index (χ4n) is 2.82. The second kappa shape index (κ2) is 6.72. The zero-order chi connectivity index (χ0) is 18.0. The number of hydrogen-bond donors (Lipinski definition) is 1. The van der Waals surface area contributed by atoms with Crippen molar-refractivity contribution < 1.29 is 14.5 Å². The molecule has 25 heavy (non-hydrogen) atoms. The van der Waals surface area contributed by atoms with Crippen LogP contribution in [0.15, 0.2) is 42.5 Å². The molecule has 1 N–H and O–H groups in total. The van der Waals surface area contributed by atoms with Gasteiger partial charge in [0.1, 0.15) is 0 Å².